The van der Waals surface area contributed by atoms with Crippen LogP contribution < -0.4 is 20.1 Å². The van der Waals surface area contributed by atoms with Crippen LogP contribution in [0.2, 0.25) is 0 Å². The molecule has 0 radical (unpaired) electrons. The molecule has 3 heterocycles. The third-order valence-corrected chi connectivity index (χ3v) is 6.61. The maximum Gasteiger partial charge on any atom is 0.257 e. The zero-order valence-corrected chi connectivity index (χ0v) is 20.1. The molecule has 0 aliphatic carbocycles. The molecule has 0 saturated carbocycles. The summed E-state index contributed by atoms with van der Waals surface area (Å²) < 4.78 is 16.7. The number of piperidine rings is 1. The molecule has 6 rings (SSSR count). The van der Waals surface area contributed by atoms with Gasteiger partial charge in [0.2, 0.25) is 12.7 Å². The van der Waals surface area contributed by atoms with Crippen molar-refractivity contribution in [1.29, 1.82) is 0 Å². The molecule has 9 nitrogen and oxygen atoms in total. The molecule has 4 aromatic rings. The summed E-state index contributed by atoms with van der Waals surface area (Å²) in [6.07, 6.45) is 1.92. The van der Waals surface area contributed by atoms with Gasteiger partial charge in [-0.2, -0.15) is 0 Å². The van der Waals surface area contributed by atoms with Gasteiger partial charge in [0.05, 0.1) is 17.8 Å². The lowest BCUT2D eigenvalue weighted by Crippen LogP contribution is -2.40. The number of anilines is 2. The van der Waals surface area contributed by atoms with Crippen molar-refractivity contribution in [2.24, 2.45) is 0 Å². The number of ether oxygens (including phenoxy) is 2. The lowest BCUT2D eigenvalue weighted by Gasteiger charge is -2.30. The number of nitrogens with one attached hydrogen (secondary N) is 2. The summed E-state index contributed by atoms with van der Waals surface area (Å²) in [6, 6.07) is 19.9. The van der Waals surface area contributed by atoms with Crippen LogP contribution in [0.4, 0.5) is 11.4 Å². The number of fused-ring (bicyclic) bond motifs is 2. The van der Waals surface area contributed by atoms with Gasteiger partial charge in [0, 0.05) is 24.2 Å². The van der Waals surface area contributed by atoms with Gasteiger partial charge in [-0.05, 0) is 55.8 Å². The number of aromatic nitrogens is 1. The molecule has 9 heteroatoms. The average molecular weight is 499 g/mol. The second kappa shape index (κ2) is 9.94. The molecular weight excluding hydrogens is 472 g/mol. The highest BCUT2D eigenvalue weighted by Crippen LogP contribution is 2.34. The van der Waals surface area contributed by atoms with Crippen LogP contribution >= 0.6 is 0 Å². The van der Waals surface area contributed by atoms with E-state index in [4.69, 9.17) is 13.9 Å². The van der Waals surface area contributed by atoms with E-state index in [-0.39, 0.29) is 31.1 Å². The molecule has 1 aromatic heterocycles. The molecule has 1 atom stereocenters. The molecular formula is C28H26N4O5. The fourth-order valence-corrected chi connectivity index (χ4v) is 4.82. The van der Waals surface area contributed by atoms with E-state index in [0.717, 1.165) is 36.4 Å². The molecule has 3 aromatic carbocycles. The zero-order chi connectivity index (χ0) is 25.2. The van der Waals surface area contributed by atoms with Crippen molar-refractivity contribution < 1.29 is 23.5 Å². The third kappa shape index (κ3) is 4.99. The Bertz CT molecular complexity index is 1430. The Hall–Kier alpha value is -4.37. The van der Waals surface area contributed by atoms with E-state index < -0.39 is 0 Å². The summed E-state index contributed by atoms with van der Waals surface area (Å²) in [5, 5.41) is 5.78. The predicted molar refractivity (Wildman–Crippen MR) is 138 cm³/mol. The van der Waals surface area contributed by atoms with Crippen molar-refractivity contribution in [2.75, 3.05) is 37.1 Å². The topological polar surface area (TPSA) is 106 Å². The summed E-state index contributed by atoms with van der Waals surface area (Å²) in [5.74, 6) is 1.56. The van der Waals surface area contributed by atoms with Gasteiger partial charge in [-0.3, -0.25) is 14.5 Å². The number of oxazole rings is 1. The summed E-state index contributed by atoms with van der Waals surface area (Å²) in [7, 11) is 0. The normalized spacial score (nSPS) is 17.0. The van der Waals surface area contributed by atoms with Crippen LogP contribution in [0.3, 0.4) is 0 Å². The highest BCUT2D eigenvalue weighted by Gasteiger charge is 2.27. The zero-order valence-electron chi connectivity index (χ0n) is 20.1. The summed E-state index contributed by atoms with van der Waals surface area (Å²) >= 11 is 0. The number of carbonyl (C=O) groups is 2. The maximum absolute atomic E-state index is 13.0. The highest BCUT2D eigenvalue weighted by molar-refractivity contribution is 6.10. The van der Waals surface area contributed by atoms with E-state index >= 15 is 0 Å². The van der Waals surface area contributed by atoms with Crippen molar-refractivity contribution >= 4 is 34.3 Å². The van der Waals surface area contributed by atoms with E-state index in [0.29, 0.717) is 35.0 Å². The first-order chi connectivity index (χ1) is 18.1. The summed E-state index contributed by atoms with van der Waals surface area (Å²) in [4.78, 5) is 32.7. The maximum atomic E-state index is 13.0. The summed E-state index contributed by atoms with van der Waals surface area (Å²) in [6.45, 7) is 1.88. The Morgan fingerprint density at radius 1 is 0.973 bits per heavy atom. The fourth-order valence-electron chi connectivity index (χ4n) is 4.82. The van der Waals surface area contributed by atoms with Crippen LogP contribution in [0.1, 0.15) is 35.0 Å². The minimum Gasteiger partial charge on any atom is -0.454 e. The number of hydrogen-bond donors (Lipinski definition) is 2. The molecule has 2 aliphatic heterocycles. The number of para-hydroxylation sites is 3. The Morgan fingerprint density at radius 2 is 1.81 bits per heavy atom. The van der Waals surface area contributed by atoms with Gasteiger partial charge >= 0.3 is 0 Å². The van der Waals surface area contributed by atoms with Crippen LogP contribution in [0.5, 0.6) is 11.5 Å². The van der Waals surface area contributed by atoms with E-state index in [1.165, 1.54) is 0 Å². The molecule has 2 aliphatic rings. The molecule has 1 unspecified atom stereocenters. The van der Waals surface area contributed by atoms with Crippen molar-refractivity contribution in [3.05, 3.63) is 78.2 Å². The van der Waals surface area contributed by atoms with Gasteiger partial charge in [-0.25, -0.2) is 4.98 Å². The van der Waals surface area contributed by atoms with Gasteiger partial charge in [0.1, 0.15) is 5.52 Å². The average Bonchev–Trinajstić information content (AvgIpc) is 3.56. The van der Waals surface area contributed by atoms with E-state index in [1.807, 2.05) is 24.3 Å². The van der Waals surface area contributed by atoms with E-state index in [9.17, 15) is 9.59 Å². The lowest BCUT2D eigenvalue weighted by molar-refractivity contribution is -0.117. The minimum absolute atomic E-state index is 0.133. The molecule has 1 saturated heterocycles. The monoisotopic (exact) mass is 498 g/mol. The second-order valence-electron chi connectivity index (χ2n) is 9.21. The highest BCUT2D eigenvalue weighted by atomic mass is 16.7. The molecule has 0 spiro atoms. The van der Waals surface area contributed by atoms with Gasteiger partial charge in [-0.15, -0.1) is 0 Å². The minimum atomic E-state index is -0.330. The first-order valence-electron chi connectivity index (χ1n) is 12.3. The van der Waals surface area contributed by atoms with Gasteiger partial charge in [-0.1, -0.05) is 24.3 Å². The quantitative estimate of drug-likeness (QED) is 0.399. The first-order valence-corrected chi connectivity index (χ1v) is 12.3. The van der Waals surface area contributed by atoms with Crippen LogP contribution in [-0.4, -0.2) is 48.1 Å². The van der Waals surface area contributed by atoms with Crippen molar-refractivity contribution in [2.45, 2.75) is 18.8 Å². The number of carbonyl (C=O) groups excluding carboxylic acids is 2. The Morgan fingerprint density at radius 3 is 2.73 bits per heavy atom. The van der Waals surface area contributed by atoms with Crippen LogP contribution in [-0.2, 0) is 4.79 Å². The SMILES string of the molecule is O=C(CN1CCCC(c2nc3ccccc3o2)C1)Nc1ccccc1C(=O)Nc1ccc2c(c1)OCO2. The summed E-state index contributed by atoms with van der Waals surface area (Å²) in [5.41, 5.74) is 3.04. The number of hydrogen-bond acceptors (Lipinski definition) is 7. The molecule has 188 valence electrons. The molecule has 1 fully saturated rings. The van der Waals surface area contributed by atoms with Crippen LogP contribution in [0.25, 0.3) is 11.1 Å². The third-order valence-electron chi connectivity index (χ3n) is 6.61. The first kappa shape index (κ1) is 23.1. The lowest BCUT2D eigenvalue weighted by atomic mass is 9.98. The second-order valence-corrected chi connectivity index (χ2v) is 9.21. The predicted octanol–water partition coefficient (Wildman–Crippen LogP) is 4.63. The molecule has 2 N–H and O–H groups in total. The van der Waals surface area contributed by atoms with Crippen LogP contribution in [0.15, 0.2) is 71.1 Å². The van der Waals surface area contributed by atoms with Gasteiger partial charge in [0.25, 0.3) is 5.91 Å². The largest absolute Gasteiger partial charge is 0.454 e. The van der Waals surface area contributed by atoms with Crippen molar-refractivity contribution in [1.82, 2.24) is 9.88 Å². The van der Waals surface area contributed by atoms with Crippen molar-refractivity contribution in [3.63, 3.8) is 0 Å². The van der Waals surface area contributed by atoms with Gasteiger partial charge in [0.15, 0.2) is 23.0 Å². The number of likely N-dealkylation sites (tertiary alicyclic amines) is 1. The van der Waals surface area contributed by atoms with Crippen molar-refractivity contribution in [3.8, 4) is 11.5 Å². The standard InChI is InChI=1S/C28H26N4O5/c33-26(16-32-13-5-6-18(15-32)28-31-22-9-3-4-10-23(22)37-28)30-21-8-2-1-7-20(21)27(34)29-19-11-12-24-25(14-19)36-17-35-24/h1-4,7-12,14,18H,5-6,13,15-17H2,(H,29,34)(H,30,33). The van der Waals surface area contributed by atoms with Gasteiger partial charge < -0.3 is 24.5 Å². The number of rotatable bonds is 6. The molecule has 2 amide bonds. The Labute approximate surface area is 213 Å². The number of nitrogens with zero attached hydrogens (tertiary/aromatic N) is 2. The number of benzene rings is 3. The van der Waals surface area contributed by atoms with Crippen LogP contribution in [0, 0.1) is 0 Å². The fraction of sp³-hybridized carbons (Fsp3) is 0.250. The van der Waals surface area contributed by atoms with E-state index in [1.54, 1.807) is 42.5 Å². The Kier molecular flexibility index (Phi) is 6.20. The van der Waals surface area contributed by atoms with E-state index in [2.05, 4.69) is 20.5 Å². The number of amides is 2. The Balaban J connectivity index is 1.10. The molecule has 37 heavy (non-hydrogen) atoms. The smallest absolute Gasteiger partial charge is 0.257 e. The molecule has 0 bridgehead atoms.